The molecule has 2 aliphatic heterocycles. The van der Waals surface area contributed by atoms with Crippen LogP contribution >= 0.6 is 0 Å². The molecular formula is C21H27N5O2. The Morgan fingerprint density at radius 1 is 1.00 bits per heavy atom. The molecule has 0 radical (unpaired) electrons. The van der Waals surface area contributed by atoms with E-state index in [1.54, 1.807) is 0 Å². The molecule has 0 atom stereocenters. The monoisotopic (exact) mass is 381 g/mol. The second-order valence-corrected chi connectivity index (χ2v) is 7.46. The molecule has 0 saturated carbocycles. The molecule has 2 aliphatic rings. The van der Waals surface area contributed by atoms with Gasteiger partial charge in [0, 0.05) is 50.9 Å². The van der Waals surface area contributed by atoms with E-state index in [1.807, 2.05) is 42.2 Å². The number of hydrogen-bond acceptors (Lipinski definition) is 6. The second kappa shape index (κ2) is 8.14. The number of nitrogens with zero attached hydrogens (tertiary/aromatic N) is 5. The fourth-order valence-corrected chi connectivity index (χ4v) is 3.89. The molecule has 2 saturated heterocycles. The summed E-state index contributed by atoms with van der Waals surface area (Å²) in [4.78, 5) is 28.4. The van der Waals surface area contributed by atoms with E-state index in [4.69, 9.17) is 4.98 Å². The number of aromatic nitrogens is 2. The SMILES string of the molecule is Cc1ccccc1C(=O)N1CCN(c2cc(CO)nc(N3CCCC3)n2)CC1. The number of rotatable bonds is 4. The number of benzene rings is 1. The zero-order valence-electron chi connectivity index (χ0n) is 16.3. The molecule has 0 unspecified atom stereocenters. The molecule has 0 spiro atoms. The van der Waals surface area contributed by atoms with E-state index in [2.05, 4.69) is 14.8 Å². The highest BCUT2D eigenvalue weighted by Gasteiger charge is 2.25. The van der Waals surface area contributed by atoms with Crippen molar-refractivity contribution in [2.45, 2.75) is 26.4 Å². The second-order valence-electron chi connectivity index (χ2n) is 7.46. The number of amides is 1. The van der Waals surface area contributed by atoms with Crippen LogP contribution in [0.3, 0.4) is 0 Å². The van der Waals surface area contributed by atoms with E-state index in [1.165, 1.54) is 0 Å². The Labute approximate surface area is 165 Å². The van der Waals surface area contributed by atoms with Gasteiger partial charge in [0.25, 0.3) is 5.91 Å². The quantitative estimate of drug-likeness (QED) is 0.871. The van der Waals surface area contributed by atoms with Gasteiger partial charge in [0.1, 0.15) is 5.82 Å². The summed E-state index contributed by atoms with van der Waals surface area (Å²) in [7, 11) is 0. The Kier molecular flexibility index (Phi) is 5.43. The average Bonchev–Trinajstić information content (AvgIpc) is 3.28. The molecule has 7 nitrogen and oxygen atoms in total. The predicted molar refractivity (Wildman–Crippen MR) is 109 cm³/mol. The summed E-state index contributed by atoms with van der Waals surface area (Å²) in [5.74, 6) is 1.63. The topological polar surface area (TPSA) is 72.8 Å². The van der Waals surface area contributed by atoms with Gasteiger partial charge in [-0.25, -0.2) is 4.98 Å². The Hall–Kier alpha value is -2.67. The molecule has 148 valence electrons. The lowest BCUT2D eigenvalue weighted by molar-refractivity contribution is 0.0746. The van der Waals surface area contributed by atoms with Crippen LogP contribution in [-0.4, -0.2) is 65.2 Å². The first-order chi connectivity index (χ1) is 13.7. The zero-order chi connectivity index (χ0) is 19.5. The van der Waals surface area contributed by atoms with Crippen LogP contribution in [0.4, 0.5) is 11.8 Å². The summed E-state index contributed by atoms with van der Waals surface area (Å²) in [5, 5.41) is 9.61. The van der Waals surface area contributed by atoms with Gasteiger partial charge >= 0.3 is 0 Å². The molecule has 1 amide bonds. The van der Waals surface area contributed by atoms with E-state index in [0.29, 0.717) is 24.7 Å². The van der Waals surface area contributed by atoms with Crippen molar-refractivity contribution in [1.29, 1.82) is 0 Å². The van der Waals surface area contributed by atoms with Gasteiger partial charge in [0.15, 0.2) is 0 Å². The van der Waals surface area contributed by atoms with Crippen molar-refractivity contribution in [3.8, 4) is 0 Å². The Bertz CT molecular complexity index is 842. The summed E-state index contributed by atoms with van der Waals surface area (Å²) in [5.41, 5.74) is 2.43. The summed E-state index contributed by atoms with van der Waals surface area (Å²) < 4.78 is 0. The van der Waals surface area contributed by atoms with Gasteiger partial charge in [0.05, 0.1) is 12.3 Å². The molecule has 0 bridgehead atoms. The van der Waals surface area contributed by atoms with Crippen LogP contribution in [0.15, 0.2) is 30.3 Å². The number of aliphatic hydroxyl groups is 1. The summed E-state index contributed by atoms with van der Waals surface area (Å²) in [6.45, 7) is 6.57. The Balaban J connectivity index is 1.47. The van der Waals surface area contributed by atoms with Crippen LogP contribution in [0.2, 0.25) is 0 Å². The van der Waals surface area contributed by atoms with E-state index >= 15 is 0 Å². The molecular weight excluding hydrogens is 354 g/mol. The molecule has 2 fully saturated rings. The molecule has 2 aromatic rings. The third-order valence-electron chi connectivity index (χ3n) is 5.57. The normalized spacial score (nSPS) is 17.3. The first-order valence-corrected chi connectivity index (χ1v) is 9.99. The van der Waals surface area contributed by atoms with Gasteiger partial charge in [-0.3, -0.25) is 4.79 Å². The Morgan fingerprint density at radius 2 is 1.71 bits per heavy atom. The minimum Gasteiger partial charge on any atom is -0.390 e. The van der Waals surface area contributed by atoms with Gasteiger partial charge in [-0.15, -0.1) is 0 Å². The molecule has 3 heterocycles. The summed E-state index contributed by atoms with van der Waals surface area (Å²) >= 11 is 0. The number of carbonyl (C=O) groups is 1. The lowest BCUT2D eigenvalue weighted by Crippen LogP contribution is -2.49. The lowest BCUT2D eigenvalue weighted by Gasteiger charge is -2.36. The van der Waals surface area contributed by atoms with Crippen molar-refractivity contribution >= 4 is 17.7 Å². The highest BCUT2D eigenvalue weighted by molar-refractivity contribution is 5.95. The number of aliphatic hydroxyl groups excluding tert-OH is 1. The van der Waals surface area contributed by atoms with Crippen LogP contribution in [0.1, 0.15) is 34.5 Å². The van der Waals surface area contributed by atoms with Gasteiger partial charge in [0.2, 0.25) is 5.95 Å². The summed E-state index contributed by atoms with van der Waals surface area (Å²) in [6.07, 6.45) is 2.31. The molecule has 1 aromatic carbocycles. The van der Waals surface area contributed by atoms with Crippen LogP contribution in [-0.2, 0) is 6.61 Å². The average molecular weight is 381 g/mol. The highest BCUT2D eigenvalue weighted by Crippen LogP contribution is 2.22. The standard InChI is InChI=1S/C21H27N5O2/c1-16-6-2-3-7-18(16)20(28)25-12-10-24(11-13-25)19-14-17(15-27)22-21(23-19)26-8-4-5-9-26/h2-3,6-7,14,27H,4-5,8-13,15H2,1H3. The fraction of sp³-hybridized carbons (Fsp3) is 0.476. The van der Waals surface area contributed by atoms with Crippen LogP contribution in [0.25, 0.3) is 0 Å². The Morgan fingerprint density at radius 3 is 2.39 bits per heavy atom. The van der Waals surface area contributed by atoms with E-state index in [9.17, 15) is 9.90 Å². The van der Waals surface area contributed by atoms with Crippen molar-refractivity contribution in [2.24, 2.45) is 0 Å². The predicted octanol–water partition coefficient (Wildman–Crippen LogP) is 1.84. The van der Waals surface area contributed by atoms with Crippen molar-refractivity contribution in [3.63, 3.8) is 0 Å². The van der Waals surface area contributed by atoms with Gasteiger partial charge in [-0.05, 0) is 31.4 Å². The molecule has 1 N–H and O–H groups in total. The third-order valence-corrected chi connectivity index (χ3v) is 5.57. The van der Waals surface area contributed by atoms with Crippen molar-refractivity contribution in [2.75, 3.05) is 49.1 Å². The number of carbonyl (C=O) groups excluding carboxylic acids is 1. The van der Waals surface area contributed by atoms with E-state index in [0.717, 1.165) is 56.0 Å². The smallest absolute Gasteiger partial charge is 0.254 e. The minimum absolute atomic E-state index is 0.0919. The van der Waals surface area contributed by atoms with Crippen LogP contribution in [0.5, 0.6) is 0 Å². The number of anilines is 2. The maximum Gasteiger partial charge on any atom is 0.254 e. The fourth-order valence-electron chi connectivity index (χ4n) is 3.89. The maximum absolute atomic E-state index is 12.8. The van der Waals surface area contributed by atoms with Gasteiger partial charge in [-0.1, -0.05) is 18.2 Å². The lowest BCUT2D eigenvalue weighted by atomic mass is 10.1. The minimum atomic E-state index is -0.0951. The third kappa shape index (κ3) is 3.80. The van der Waals surface area contributed by atoms with E-state index < -0.39 is 0 Å². The number of aryl methyl sites for hydroxylation is 1. The van der Waals surface area contributed by atoms with Gasteiger partial charge < -0.3 is 19.8 Å². The summed E-state index contributed by atoms with van der Waals surface area (Å²) in [6, 6.07) is 9.59. The molecule has 0 aliphatic carbocycles. The molecule has 28 heavy (non-hydrogen) atoms. The van der Waals surface area contributed by atoms with Crippen LogP contribution in [0, 0.1) is 6.92 Å². The molecule has 1 aromatic heterocycles. The molecule has 4 rings (SSSR count). The van der Waals surface area contributed by atoms with E-state index in [-0.39, 0.29) is 12.5 Å². The molecule has 7 heteroatoms. The van der Waals surface area contributed by atoms with Crippen molar-refractivity contribution in [3.05, 3.63) is 47.2 Å². The van der Waals surface area contributed by atoms with Crippen molar-refractivity contribution in [1.82, 2.24) is 14.9 Å². The first-order valence-electron chi connectivity index (χ1n) is 9.99. The number of piperazine rings is 1. The maximum atomic E-state index is 12.8. The zero-order valence-corrected chi connectivity index (χ0v) is 16.3. The van der Waals surface area contributed by atoms with Crippen molar-refractivity contribution < 1.29 is 9.90 Å². The van der Waals surface area contributed by atoms with Crippen LogP contribution < -0.4 is 9.80 Å². The largest absolute Gasteiger partial charge is 0.390 e. The first kappa shape index (κ1) is 18.7. The number of hydrogen-bond donors (Lipinski definition) is 1. The van der Waals surface area contributed by atoms with Gasteiger partial charge in [-0.2, -0.15) is 4.98 Å². The highest BCUT2D eigenvalue weighted by atomic mass is 16.3.